The van der Waals surface area contributed by atoms with E-state index in [2.05, 4.69) is 0 Å². The van der Waals surface area contributed by atoms with Gasteiger partial charge in [-0.2, -0.15) is 0 Å². The molecule has 0 bridgehead atoms. The second-order valence-corrected chi connectivity index (χ2v) is 8.83. The highest BCUT2D eigenvalue weighted by molar-refractivity contribution is 6.30. The highest BCUT2D eigenvalue weighted by Gasteiger charge is 2.29. The summed E-state index contributed by atoms with van der Waals surface area (Å²) in [6.45, 7) is 4.65. The van der Waals surface area contributed by atoms with E-state index in [-0.39, 0.29) is 11.5 Å². The largest absolute Gasteiger partial charge is 0.383 e. The third kappa shape index (κ3) is 5.14. The van der Waals surface area contributed by atoms with Crippen LogP contribution in [0.4, 0.5) is 0 Å². The Hall–Kier alpha value is -3.48. The van der Waals surface area contributed by atoms with E-state index in [1.165, 1.54) is 0 Å². The van der Waals surface area contributed by atoms with Crippen molar-refractivity contribution in [3.63, 3.8) is 0 Å². The molecule has 1 amide bonds. The van der Waals surface area contributed by atoms with Crippen molar-refractivity contribution in [2.45, 2.75) is 26.3 Å². The van der Waals surface area contributed by atoms with E-state index in [1.54, 1.807) is 46.9 Å². The van der Waals surface area contributed by atoms with E-state index < -0.39 is 6.04 Å². The average molecular weight is 490 g/mol. The molecular weight excluding hydrogens is 462 g/mol. The van der Waals surface area contributed by atoms with Crippen LogP contribution in [0.25, 0.3) is 16.6 Å². The number of carbonyl (C=O) groups is 1. The standard InChI is InChI=1S/C28H28ClN3O3/c1-4-25(31(16-17-35-3)27(33)20-12-14-21(29)15-13-20)26-30-24-11-6-5-10-23(24)28(34)32(26)22-9-7-8-19(2)18-22/h5-15,18,25H,4,16-17H2,1-3H3. The summed E-state index contributed by atoms with van der Waals surface area (Å²) in [4.78, 5) is 34.1. The lowest BCUT2D eigenvalue weighted by Gasteiger charge is -2.32. The molecule has 1 atom stereocenters. The molecule has 1 heterocycles. The number of benzene rings is 3. The van der Waals surface area contributed by atoms with Gasteiger partial charge in [-0.1, -0.05) is 42.8 Å². The zero-order valence-electron chi connectivity index (χ0n) is 20.1. The number of rotatable bonds is 8. The van der Waals surface area contributed by atoms with Crippen LogP contribution in [0.2, 0.25) is 5.02 Å². The maximum absolute atomic E-state index is 13.8. The highest BCUT2D eigenvalue weighted by Crippen LogP contribution is 2.28. The number of fused-ring (bicyclic) bond motifs is 1. The average Bonchev–Trinajstić information content (AvgIpc) is 2.86. The molecule has 180 valence electrons. The lowest BCUT2D eigenvalue weighted by Crippen LogP contribution is -2.40. The van der Waals surface area contributed by atoms with Gasteiger partial charge in [0.2, 0.25) is 0 Å². The topological polar surface area (TPSA) is 64.4 Å². The van der Waals surface area contributed by atoms with Crippen LogP contribution in [0, 0.1) is 6.92 Å². The van der Waals surface area contributed by atoms with Crippen molar-refractivity contribution in [2.75, 3.05) is 20.3 Å². The predicted molar refractivity (Wildman–Crippen MR) is 139 cm³/mol. The minimum Gasteiger partial charge on any atom is -0.383 e. The number of nitrogens with zero attached hydrogens (tertiary/aromatic N) is 3. The summed E-state index contributed by atoms with van der Waals surface area (Å²) in [6.07, 6.45) is 0.555. The second-order valence-electron chi connectivity index (χ2n) is 8.39. The van der Waals surface area contributed by atoms with Crippen molar-refractivity contribution < 1.29 is 9.53 Å². The summed E-state index contributed by atoms with van der Waals surface area (Å²) >= 11 is 6.05. The Bertz CT molecular complexity index is 1400. The Morgan fingerprint density at radius 1 is 1.09 bits per heavy atom. The Labute approximate surface area is 209 Å². The minimum atomic E-state index is -0.467. The minimum absolute atomic E-state index is 0.166. The maximum Gasteiger partial charge on any atom is 0.266 e. The van der Waals surface area contributed by atoms with Crippen LogP contribution in [0.1, 0.15) is 41.1 Å². The Balaban J connectivity index is 1.94. The zero-order valence-corrected chi connectivity index (χ0v) is 20.8. The molecule has 0 saturated heterocycles. The first-order valence-electron chi connectivity index (χ1n) is 11.6. The van der Waals surface area contributed by atoms with Crippen LogP contribution in [0.3, 0.4) is 0 Å². The summed E-state index contributed by atoms with van der Waals surface area (Å²) < 4.78 is 6.97. The van der Waals surface area contributed by atoms with E-state index >= 15 is 0 Å². The first-order valence-corrected chi connectivity index (χ1v) is 12.0. The quantitative estimate of drug-likeness (QED) is 0.324. The summed E-state index contributed by atoms with van der Waals surface area (Å²) in [5.41, 5.74) is 2.68. The molecule has 4 aromatic rings. The van der Waals surface area contributed by atoms with Crippen molar-refractivity contribution in [2.24, 2.45) is 0 Å². The monoisotopic (exact) mass is 489 g/mol. The number of carbonyl (C=O) groups excluding carboxylic acids is 1. The van der Waals surface area contributed by atoms with Crippen molar-refractivity contribution >= 4 is 28.4 Å². The highest BCUT2D eigenvalue weighted by atomic mass is 35.5. The van der Waals surface area contributed by atoms with E-state index in [4.69, 9.17) is 21.3 Å². The van der Waals surface area contributed by atoms with Gasteiger partial charge in [0.15, 0.2) is 0 Å². The molecular formula is C28H28ClN3O3. The summed E-state index contributed by atoms with van der Waals surface area (Å²) in [5, 5.41) is 1.08. The van der Waals surface area contributed by atoms with Crippen molar-refractivity contribution in [1.82, 2.24) is 14.5 Å². The Morgan fingerprint density at radius 3 is 2.51 bits per heavy atom. The fraction of sp³-hybridized carbons (Fsp3) is 0.250. The first-order chi connectivity index (χ1) is 16.9. The molecule has 7 heteroatoms. The van der Waals surface area contributed by atoms with Gasteiger partial charge in [0.1, 0.15) is 5.82 Å². The number of para-hydroxylation sites is 1. The van der Waals surface area contributed by atoms with Crippen molar-refractivity contribution in [3.8, 4) is 5.69 Å². The summed E-state index contributed by atoms with van der Waals surface area (Å²) in [6, 6.07) is 21.4. The van der Waals surface area contributed by atoms with Crippen LogP contribution < -0.4 is 5.56 Å². The molecule has 0 N–H and O–H groups in total. The van der Waals surface area contributed by atoms with Gasteiger partial charge in [-0.15, -0.1) is 0 Å². The number of amides is 1. The molecule has 0 aliphatic heterocycles. The van der Waals surface area contributed by atoms with E-state index in [1.807, 2.05) is 56.3 Å². The van der Waals surface area contributed by atoms with Crippen LogP contribution >= 0.6 is 11.6 Å². The molecule has 0 spiro atoms. The third-order valence-electron chi connectivity index (χ3n) is 6.01. The van der Waals surface area contributed by atoms with Gasteiger partial charge in [0.05, 0.1) is 29.2 Å². The molecule has 1 unspecified atom stereocenters. The second kappa shape index (κ2) is 10.8. The van der Waals surface area contributed by atoms with Gasteiger partial charge in [-0.3, -0.25) is 14.2 Å². The Morgan fingerprint density at radius 2 is 1.83 bits per heavy atom. The smallest absolute Gasteiger partial charge is 0.266 e. The molecule has 0 fully saturated rings. The molecule has 1 aromatic heterocycles. The molecule has 4 rings (SSSR count). The van der Waals surface area contributed by atoms with Gasteiger partial charge < -0.3 is 9.64 Å². The number of aromatic nitrogens is 2. The number of ether oxygens (including phenoxy) is 1. The van der Waals surface area contributed by atoms with E-state index in [0.717, 1.165) is 5.56 Å². The molecule has 6 nitrogen and oxygen atoms in total. The Kier molecular flexibility index (Phi) is 7.63. The fourth-order valence-corrected chi connectivity index (χ4v) is 4.41. The lowest BCUT2D eigenvalue weighted by molar-refractivity contribution is 0.0579. The number of hydrogen-bond acceptors (Lipinski definition) is 4. The number of hydrogen-bond donors (Lipinski definition) is 0. The van der Waals surface area contributed by atoms with E-state index in [9.17, 15) is 9.59 Å². The predicted octanol–water partition coefficient (Wildman–Crippen LogP) is 5.59. The summed E-state index contributed by atoms with van der Waals surface area (Å²) in [5.74, 6) is 0.337. The molecule has 0 saturated carbocycles. The van der Waals surface area contributed by atoms with Gasteiger partial charge in [-0.25, -0.2) is 4.98 Å². The van der Waals surface area contributed by atoms with Crippen LogP contribution in [0.5, 0.6) is 0 Å². The fourth-order valence-electron chi connectivity index (χ4n) is 4.28. The molecule has 3 aromatic carbocycles. The molecule has 0 aliphatic carbocycles. The lowest BCUT2D eigenvalue weighted by atomic mass is 10.1. The number of methoxy groups -OCH3 is 1. The van der Waals surface area contributed by atoms with Crippen LogP contribution in [-0.4, -0.2) is 40.6 Å². The van der Waals surface area contributed by atoms with Crippen LogP contribution in [0.15, 0.2) is 77.6 Å². The molecule has 0 aliphatic rings. The molecule has 0 radical (unpaired) electrons. The number of aryl methyl sites for hydroxylation is 1. The zero-order chi connectivity index (χ0) is 24.9. The SMILES string of the molecule is CCC(c1nc2ccccc2c(=O)n1-c1cccc(C)c1)N(CCOC)C(=O)c1ccc(Cl)cc1. The normalized spacial score (nSPS) is 12.0. The van der Waals surface area contributed by atoms with Gasteiger partial charge in [0.25, 0.3) is 11.5 Å². The maximum atomic E-state index is 13.8. The summed E-state index contributed by atoms with van der Waals surface area (Å²) in [7, 11) is 1.60. The van der Waals surface area contributed by atoms with Crippen molar-refractivity contribution in [3.05, 3.63) is 105 Å². The first kappa shape index (κ1) is 24.6. The van der Waals surface area contributed by atoms with Gasteiger partial charge >= 0.3 is 0 Å². The van der Waals surface area contributed by atoms with Crippen molar-refractivity contribution in [1.29, 1.82) is 0 Å². The number of halogens is 1. The van der Waals surface area contributed by atoms with Gasteiger partial charge in [-0.05, 0) is 67.4 Å². The third-order valence-corrected chi connectivity index (χ3v) is 6.26. The molecule has 35 heavy (non-hydrogen) atoms. The van der Waals surface area contributed by atoms with Crippen LogP contribution in [-0.2, 0) is 4.74 Å². The van der Waals surface area contributed by atoms with Gasteiger partial charge in [0, 0.05) is 24.2 Å². The van der Waals surface area contributed by atoms with E-state index in [0.29, 0.717) is 52.6 Å².